The summed E-state index contributed by atoms with van der Waals surface area (Å²) >= 11 is 0. The van der Waals surface area contributed by atoms with Crippen molar-refractivity contribution in [2.75, 3.05) is 5.43 Å². The van der Waals surface area contributed by atoms with Gasteiger partial charge in [0.2, 0.25) is 0 Å². The predicted octanol–water partition coefficient (Wildman–Crippen LogP) is 2.27. The van der Waals surface area contributed by atoms with Gasteiger partial charge >= 0.3 is 0 Å². The number of benzene rings is 1. The molecule has 1 aromatic heterocycles. The molecule has 1 N–H and O–H groups in total. The fourth-order valence-corrected chi connectivity index (χ4v) is 2.09. The number of carbonyl (C=O) groups excluding carboxylic acids is 2. The van der Waals surface area contributed by atoms with Crippen molar-refractivity contribution in [1.29, 1.82) is 0 Å². The minimum atomic E-state index is -0.331. The Hall–Kier alpha value is -2.69. The fraction of sp³-hybridized carbons (Fsp3) is 0.133. The summed E-state index contributed by atoms with van der Waals surface area (Å²) in [7, 11) is 0. The van der Waals surface area contributed by atoms with Crippen molar-refractivity contribution in [2.24, 2.45) is 0 Å². The molecule has 5 heteroatoms. The summed E-state index contributed by atoms with van der Waals surface area (Å²) in [5.74, 6) is -0.196. The van der Waals surface area contributed by atoms with E-state index in [4.69, 9.17) is 0 Å². The van der Waals surface area contributed by atoms with E-state index in [-0.39, 0.29) is 11.8 Å². The van der Waals surface area contributed by atoms with Gasteiger partial charge in [0.05, 0.1) is 5.52 Å². The van der Waals surface area contributed by atoms with Gasteiger partial charge in [-0.2, -0.15) is 5.01 Å². The normalized spacial score (nSPS) is 15.4. The van der Waals surface area contributed by atoms with Gasteiger partial charge in [-0.25, -0.2) is 4.98 Å². The van der Waals surface area contributed by atoms with Crippen molar-refractivity contribution in [2.45, 2.75) is 13.8 Å². The zero-order valence-electron chi connectivity index (χ0n) is 11.2. The van der Waals surface area contributed by atoms with Gasteiger partial charge in [0, 0.05) is 16.5 Å². The first kappa shape index (κ1) is 12.3. The lowest BCUT2D eigenvalue weighted by Crippen LogP contribution is -2.37. The van der Waals surface area contributed by atoms with Crippen LogP contribution in [0.5, 0.6) is 0 Å². The van der Waals surface area contributed by atoms with E-state index in [0.717, 1.165) is 15.9 Å². The van der Waals surface area contributed by atoms with E-state index in [1.165, 1.54) is 0 Å². The number of fused-ring (bicyclic) bond motifs is 1. The van der Waals surface area contributed by atoms with Crippen molar-refractivity contribution >= 4 is 28.5 Å². The third kappa shape index (κ3) is 1.84. The summed E-state index contributed by atoms with van der Waals surface area (Å²) in [5.41, 5.74) is 4.50. The highest BCUT2D eigenvalue weighted by Gasteiger charge is 2.33. The van der Waals surface area contributed by atoms with E-state index in [9.17, 15) is 9.59 Å². The van der Waals surface area contributed by atoms with Gasteiger partial charge in [-0.3, -0.25) is 15.0 Å². The number of hydrazine groups is 1. The number of carbonyl (C=O) groups is 2. The number of hydrogen-bond donors (Lipinski definition) is 1. The monoisotopic (exact) mass is 267 g/mol. The van der Waals surface area contributed by atoms with Gasteiger partial charge < -0.3 is 0 Å². The summed E-state index contributed by atoms with van der Waals surface area (Å²) in [5, 5.41) is 2.00. The third-order valence-electron chi connectivity index (χ3n) is 3.44. The van der Waals surface area contributed by atoms with E-state index in [1.807, 2.05) is 30.3 Å². The molecule has 3 rings (SSSR count). The quantitative estimate of drug-likeness (QED) is 0.848. The van der Waals surface area contributed by atoms with Crippen molar-refractivity contribution in [3.05, 3.63) is 47.5 Å². The third-order valence-corrected chi connectivity index (χ3v) is 3.44. The molecular formula is C15H13N3O2. The Morgan fingerprint density at radius 3 is 2.30 bits per heavy atom. The molecule has 0 saturated carbocycles. The van der Waals surface area contributed by atoms with Gasteiger partial charge in [-0.15, -0.1) is 0 Å². The molecule has 0 unspecified atom stereocenters. The Labute approximate surface area is 115 Å². The van der Waals surface area contributed by atoms with E-state index in [1.54, 1.807) is 19.9 Å². The SMILES string of the molecule is CC1=C(C)C(=O)N(Nc2ccc3ccccc3n2)C1=O. The summed E-state index contributed by atoms with van der Waals surface area (Å²) < 4.78 is 0. The van der Waals surface area contributed by atoms with Gasteiger partial charge in [-0.1, -0.05) is 18.2 Å². The van der Waals surface area contributed by atoms with E-state index >= 15 is 0 Å². The molecule has 2 aromatic rings. The lowest BCUT2D eigenvalue weighted by Gasteiger charge is -2.16. The number of nitrogens with one attached hydrogen (secondary N) is 1. The molecule has 1 aromatic carbocycles. The summed E-state index contributed by atoms with van der Waals surface area (Å²) in [6, 6.07) is 11.3. The number of amides is 2. The molecule has 0 fully saturated rings. The summed E-state index contributed by atoms with van der Waals surface area (Å²) in [6.07, 6.45) is 0. The Kier molecular flexibility index (Phi) is 2.75. The van der Waals surface area contributed by atoms with Crippen LogP contribution in [-0.2, 0) is 9.59 Å². The summed E-state index contributed by atoms with van der Waals surface area (Å²) in [4.78, 5) is 28.3. The minimum Gasteiger partial charge on any atom is -0.271 e. The van der Waals surface area contributed by atoms with E-state index in [0.29, 0.717) is 17.0 Å². The number of pyridine rings is 1. The highest BCUT2D eigenvalue weighted by atomic mass is 16.2. The van der Waals surface area contributed by atoms with Crippen LogP contribution >= 0.6 is 0 Å². The first-order valence-corrected chi connectivity index (χ1v) is 6.26. The standard InChI is InChI=1S/C15H13N3O2/c1-9-10(2)15(20)18(14(9)19)17-13-8-7-11-5-3-4-6-12(11)16-13/h3-8H,1-2H3,(H,16,17). The van der Waals surface area contributed by atoms with Crippen molar-refractivity contribution in [1.82, 2.24) is 9.99 Å². The number of aromatic nitrogens is 1. The molecule has 0 atom stereocenters. The maximum Gasteiger partial charge on any atom is 0.275 e. The largest absolute Gasteiger partial charge is 0.275 e. The molecule has 0 bridgehead atoms. The Morgan fingerprint density at radius 1 is 0.950 bits per heavy atom. The number of imide groups is 1. The smallest absolute Gasteiger partial charge is 0.271 e. The summed E-state index contributed by atoms with van der Waals surface area (Å²) in [6.45, 7) is 3.29. The first-order chi connectivity index (χ1) is 9.58. The molecular weight excluding hydrogens is 254 g/mol. The van der Waals surface area contributed by atoms with E-state index < -0.39 is 0 Å². The van der Waals surface area contributed by atoms with Gasteiger partial charge in [0.15, 0.2) is 0 Å². The maximum absolute atomic E-state index is 12.0. The molecule has 2 amide bonds. The molecule has 0 spiro atoms. The Morgan fingerprint density at radius 2 is 1.60 bits per heavy atom. The van der Waals surface area contributed by atoms with Crippen LogP contribution in [0.25, 0.3) is 10.9 Å². The van der Waals surface area contributed by atoms with Crippen molar-refractivity contribution in [3.63, 3.8) is 0 Å². The topological polar surface area (TPSA) is 62.3 Å². The zero-order valence-corrected chi connectivity index (χ0v) is 11.2. The predicted molar refractivity (Wildman–Crippen MR) is 75.6 cm³/mol. The zero-order chi connectivity index (χ0) is 14.3. The van der Waals surface area contributed by atoms with Gasteiger partial charge in [0.25, 0.3) is 11.8 Å². The molecule has 20 heavy (non-hydrogen) atoms. The second kappa shape index (κ2) is 4.45. The van der Waals surface area contributed by atoms with Gasteiger partial charge in [0.1, 0.15) is 5.82 Å². The van der Waals surface area contributed by atoms with Crippen LogP contribution in [0.3, 0.4) is 0 Å². The maximum atomic E-state index is 12.0. The molecule has 1 aliphatic rings. The number of nitrogens with zero attached hydrogens (tertiary/aromatic N) is 2. The van der Waals surface area contributed by atoms with Crippen LogP contribution in [0, 0.1) is 0 Å². The number of hydrogen-bond acceptors (Lipinski definition) is 4. The van der Waals surface area contributed by atoms with Gasteiger partial charge in [-0.05, 0) is 32.0 Å². The molecule has 1 aliphatic heterocycles. The molecule has 0 aliphatic carbocycles. The number of rotatable bonds is 2. The second-order valence-corrected chi connectivity index (χ2v) is 4.70. The lowest BCUT2D eigenvalue weighted by molar-refractivity contribution is -0.135. The molecule has 100 valence electrons. The fourth-order valence-electron chi connectivity index (χ4n) is 2.09. The van der Waals surface area contributed by atoms with Crippen LogP contribution < -0.4 is 5.43 Å². The lowest BCUT2D eigenvalue weighted by atomic mass is 10.2. The van der Waals surface area contributed by atoms with Crippen LogP contribution in [0.4, 0.5) is 5.82 Å². The number of para-hydroxylation sites is 1. The molecule has 5 nitrogen and oxygen atoms in total. The van der Waals surface area contributed by atoms with Crippen molar-refractivity contribution in [3.8, 4) is 0 Å². The molecule has 2 heterocycles. The minimum absolute atomic E-state index is 0.331. The van der Waals surface area contributed by atoms with Crippen LogP contribution in [0.15, 0.2) is 47.5 Å². The Bertz CT molecular complexity index is 741. The van der Waals surface area contributed by atoms with Crippen LogP contribution in [0.2, 0.25) is 0 Å². The highest BCUT2D eigenvalue weighted by molar-refractivity contribution is 6.19. The second-order valence-electron chi connectivity index (χ2n) is 4.70. The van der Waals surface area contributed by atoms with E-state index in [2.05, 4.69) is 10.4 Å². The van der Waals surface area contributed by atoms with Crippen LogP contribution in [0.1, 0.15) is 13.8 Å². The Balaban J connectivity index is 1.91. The highest BCUT2D eigenvalue weighted by Crippen LogP contribution is 2.21. The average Bonchev–Trinajstić information content (AvgIpc) is 2.65. The molecule has 0 saturated heterocycles. The van der Waals surface area contributed by atoms with Crippen LogP contribution in [-0.4, -0.2) is 21.8 Å². The average molecular weight is 267 g/mol. The molecule has 0 radical (unpaired) electrons. The van der Waals surface area contributed by atoms with Crippen molar-refractivity contribution < 1.29 is 9.59 Å². The number of anilines is 1. The first-order valence-electron chi connectivity index (χ1n) is 6.26.